The Morgan fingerprint density at radius 2 is 1.67 bits per heavy atom. The predicted octanol–water partition coefficient (Wildman–Crippen LogP) is 3.66. The number of nitrogen functional groups attached to an aromatic ring is 1. The number of nitrogens with two attached hydrogens (primary N) is 1. The third-order valence-electron chi connectivity index (χ3n) is 2.87. The van der Waals surface area contributed by atoms with E-state index in [9.17, 15) is 22.4 Å². The summed E-state index contributed by atoms with van der Waals surface area (Å²) in [6.45, 7) is 0. The van der Waals surface area contributed by atoms with E-state index in [4.69, 9.17) is 5.73 Å². The molecule has 0 bridgehead atoms. The number of halogens is 4. The Kier molecular flexibility index (Phi) is 3.84. The van der Waals surface area contributed by atoms with Gasteiger partial charge < -0.3 is 11.1 Å². The Balaban J connectivity index is 2.41. The Hall–Kier alpha value is -2.57. The highest BCUT2D eigenvalue weighted by Crippen LogP contribution is 2.33. The van der Waals surface area contributed by atoms with Crippen LogP contribution in [0.15, 0.2) is 36.4 Å². The molecule has 2 aromatic carbocycles. The van der Waals surface area contributed by atoms with Crippen LogP contribution in [-0.2, 0) is 11.0 Å². The first-order chi connectivity index (χ1) is 9.82. The minimum Gasteiger partial charge on any atom is -0.397 e. The average molecular weight is 298 g/mol. The minimum atomic E-state index is -4.43. The maximum absolute atomic E-state index is 13.8. The summed E-state index contributed by atoms with van der Waals surface area (Å²) >= 11 is 0. The molecule has 0 aliphatic rings. The van der Waals surface area contributed by atoms with E-state index >= 15 is 0 Å². The van der Waals surface area contributed by atoms with Gasteiger partial charge in [0, 0.05) is 0 Å². The summed E-state index contributed by atoms with van der Waals surface area (Å²) in [5.41, 5.74) is 5.32. The first-order valence-corrected chi connectivity index (χ1v) is 5.80. The van der Waals surface area contributed by atoms with E-state index in [-0.39, 0.29) is 17.8 Å². The van der Waals surface area contributed by atoms with Crippen LogP contribution in [0.2, 0.25) is 0 Å². The number of amides is 1. The van der Waals surface area contributed by atoms with E-state index in [0.717, 1.165) is 18.2 Å². The fraction of sp³-hybridized carbons (Fsp3) is 0.0714. The lowest BCUT2D eigenvalue weighted by Gasteiger charge is -2.11. The molecule has 0 radical (unpaired) electrons. The highest BCUT2D eigenvalue weighted by Gasteiger charge is 2.30. The Morgan fingerprint density at radius 3 is 2.14 bits per heavy atom. The summed E-state index contributed by atoms with van der Waals surface area (Å²) in [6, 6.07) is 6.72. The van der Waals surface area contributed by atoms with Gasteiger partial charge in [0.2, 0.25) is 6.41 Å². The first-order valence-electron chi connectivity index (χ1n) is 5.80. The van der Waals surface area contributed by atoms with E-state index in [1.165, 1.54) is 18.2 Å². The quantitative estimate of drug-likeness (QED) is 0.516. The van der Waals surface area contributed by atoms with Crippen LogP contribution in [0.1, 0.15) is 5.56 Å². The molecule has 0 saturated carbocycles. The molecular weight excluding hydrogens is 288 g/mol. The van der Waals surface area contributed by atoms with Crippen molar-refractivity contribution in [1.29, 1.82) is 0 Å². The maximum atomic E-state index is 13.8. The van der Waals surface area contributed by atoms with Crippen LogP contribution in [0.25, 0.3) is 11.1 Å². The van der Waals surface area contributed by atoms with Gasteiger partial charge in [0.25, 0.3) is 0 Å². The molecule has 0 aliphatic heterocycles. The van der Waals surface area contributed by atoms with Crippen molar-refractivity contribution < 1.29 is 22.4 Å². The fourth-order valence-electron chi connectivity index (χ4n) is 1.86. The number of anilines is 2. The van der Waals surface area contributed by atoms with Crippen LogP contribution >= 0.6 is 0 Å². The molecule has 0 atom stereocenters. The third kappa shape index (κ3) is 3.13. The second-order valence-corrected chi connectivity index (χ2v) is 4.26. The zero-order valence-corrected chi connectivity index (χ0v) is 10.5. The Morgan fingerprint density at radius 1 is 1.05 bits per heavy atom. The SMILES string of the molecule is Nc1cc(-c2ccc(C(F)(F)F)cc2)cc(F)c1NC=O. The molecule has 2 rings (SSSR count). The van der Waals surface area contributed by atoms with E-state index in [2.05, 4.69) is 5.32 Å². The van der Waals surface area contributed by atoms with Gasteiger partial charge >= 0.3 is 6.18 Å². The van der Waals surface area contributed by atoms with Crippen molar-refractivity contribution in [2.75, 3.05) is 11.1 Å². The summed E-state index contributed by atoms with van der Waals surface area (Å²) in [4.78, 5) is 10.3. The van der Waals surface area contributed by atoms with Crippen LogP contribution in [0, 0.1) is 5.82 Å². The maximum Gasteiger partial charge on any atom is 0.416 e. The summed E-state index contributed by atoms with van der Waals surface area (Å²) < 4.78 is 51.2. The third-order valence-corrected chi connectivity index (χ3v) is 2.87. The standard InChI is InChI=1S/C14H10F4N2O/c15-11-5-9(6-12(19)13(11)20-7-21)8-1-3-10(4-2-8)14(16,17)18/h1-7H,19H2,(H,20,21). The van der Waals surface area contributed by atoms with Crippen LogP contribution < -0.4 is 11.1 Å². The van der Waals surface area contributed by atoms with Crippen molar-refractivity contribution >= 4 is 17.8 Å². The van der Waals surface area contributed by atoms with E-state index < -0.39 is 17.6 Å². The second-order valence-electron chi connectivity index (χ2n) is 4.26. The monoisotopic (exact) mass is 298 g/mol. The van der Waals surface area contributed by atoms with Crippen LogP contribution in [0.4, 0.5) is 28.9 Å². The molecule has 0 aromatic heterocycles. The van der Waals surface area contributed by atoms with Gasteiger partial charge in [-0.05, 0) is 35.4 Å². The molecule has 3 nitrogen and oxygen atoms in total. The van der Waals surface area contributed by atoms with Crippen molar-refractivity contribution in [1.82, 2.24) is 0 Å². The number of benzene rings is 2. The van der Waals surface area contributed by atoms with Crippen LogP contribution in [0.3, 0.4) is 0 Å². The zero-order chi connectivity index (χ0) is 15.6. The lowest BCUT2D eigenvalue weighted by atomic mass is 10.0. The lowest BCUT2D eigenvalue weighted by molar-refractivity contribution is -0.137. The highest BCUT2D eigenvalue weighted by molar-refractivity contribution is 5.83. The topological polar surface area (TPSA) is 55.1 Å². The number of hydrogen-bond donors (Lipinski definition) is 2. The number of carbonyl (C=O) groups excluding carboxylic acids is 1. The van der Waals surface area contributed by atoms with Gasteiger partial charge in [-0.3, -0.25) is 4.79 Å². The molecule has 0 aliphatic carbocycles. The average Bonchev–Trinajstić information content (AvgIpc) is 2.42. The van der Waals surface area contributed by atoms with E-state index in [0.29, 0.717) is 11.1 Å². The molecular formula is C14H10F4N2O. The van der Waals surface area contributed by atoms with Gasteiger partial charge in [0.1, 0.15) is 11.5 Å². The Bertz CT molecular complexity index is 643. The molecule has 110 valence electrons. The van der Waals surface area contributed by atoms with Crippen molar-refractivity contribution in [3.8, 4) is 11.1 Å². The van der Waals surface area contributed by atoms with Crippen molar-refractivity contribution in [2.45, 2.75) is 6.18 Å². The largest absolute Gasteiger partial charge is 0.416 e. The van der Waals surface area contributed by atoms with Crippen LogP contribution in [-0.4, -0.2) is 6.41 Å². The van der Waals surface area contributed by atoms with Gasteiger partial charge in [0.05, 0.1) is 11.3 Å². The van der Waals surface area contributed by atoms with Crippen molar-refractivity contribution in [2.24, 2.45) is 0 Å². The fourth-order valence-corrected chi connectivity index (χ4v) is 1.86. The number of alkyl halides is 3. The zero-order valence-electron chi connectivity index (χ0n) is 10.5. The van der Waals surface area contributed by atoms with Gasteiger partial charge in [-0.2, -0.15) is 13.2 Å². The predicted molar refractivity (Wildman–Crippen MR) is 70.9 cm³/mol. The summed E-state index contributed by atoms with van der Waals surface area (Å²) in [7, 11) is 0. The molecule has 0 heterocycles. The molecule has 7 heteroatoms. The number of nitrogens with one attached hydrogen (secondary N) is 1. The van der Waals surface area contributed by atoms with Crippen molar-refractivity contribution in [3.63, 3.8) is 0 Å². The minimum absolute atomic E-state index is 0.0167. The summed E-state index contributed by atoms with van der Waals surface area (Å²) in [6.07, 6.45) is -4.15. The number of rotatable bonds is 3. The van der Waals surface area contributed by atoms with E-state index in [1.54, 1.807) is 0 Å². The Labute approximate surface area is 117 Å². The highest BCUT2D eigenvalue weighted by atomic mass is 19.4. The second kappa shape index (κ2) is 5.43. The lowest BCUT2D eigenvalue weighted by Crippen LogP contribution is -2.04. The summed E-state index contributed by atoms with van der Waals surface area (Å²) in [5, 5.41) is 2.12. The molecule has 2 aromatic rings. The van der Waals surface area contributed by atoms with Crippen molar-refractivity contribution in [3.05, 3.63) is 47.8 Å². The molecule has 21 heavy (non-hydrogen) atoms. The molecule has 0 spiro atoms. The van der Waals surface area contributed by atoms with Gasteiger partial charge in [-0.1, -0.05) is 12.1 Å². The van der Waals surface area contributed by atoms with Gasteiger partial charge in [0.15, 0.2) is 0 Å². The molecule has 1 amide bonds. The van der Waals surface area contributed by atoms with E-state index in [1.807, 2.05) is 0 Å². The molecule has 0 unspecified atom stereocenters. The number of carbonyl (C=O) groups is 1. The molecule has 3 N–H and O–H groups in total. The van der Waals surface area contributed by atoms with Crippen LogP contribution in [0.5, 0.6) is 0 Å². The molecule has 0 saturated heterocycles. The summed E-state index contributed by atoms with van der Waals surface area (Å²) in [5.74, 6) is -0.767. The smallest absolute Gasteiger partial charge is 0.397 e. The normalized spacial score (nSPS) is 11.2. The van der Waals surface area contributed by atoms with Gasteiger partial charge in [-0.25, -0.2) is 4.39 Å². The number of hydrogen-bond acceptors (Lipinski definition) is 2. The first kappa shape index (κ1) is 14.8. The van der Waals surface area contributed by atoms with Gasteiger partial charge in [-0.15, -0.1) is 0 Å². The molecule has 0 fully saturated rings.